The maximum Gasteiger partial charge on any atom is 0.187 e. The minimum Gasteiger partial charge on any atom is -0.394 e. The average molecular weight is 332 g/mol. The van der Waals surface area contributed by atoms with Crippen LogP contribution in [0.25, 0.3) is 0 Å². The number of ether oxygens (including phenoxy) is 3. The van der Waals surface area contributed by atoms with E-state index in [0.717, 1.165) is 19.3 Å². The highest BCUT2D eigenvalue weighted by molar-refractivity contribution is 5.04. The molecule has 7 heteroatoms. The summed E-state index contributed by atoms with van der Waals surface area (Å²) in [7, 11) is 0. The van der Waals surface area contributed by atoms with Gasteiger partial charge in [-0.3, -0.25) is 0 Å². The molecule has 3 aliphatic heterocycles. The van der Waals surface area contributed by atoms with Crippen LogP contribution in [0, 0.1) is 5.92 Å². The van der Waals surface area contributed by atoms with Crippen molar-refractivity contribution in [2.75, 3.05) is 6.61 Å². The molecule has 0 spiro atoms. The first kappa shape index (κ1) is 17.5. The molecule has 134 valence electrons. The molecular formula is C16H28O7. The van der Waals surface area contributed by atoms with Gasteiger partial charge in [-0.15, -0.1) is 0 Å². The van der Waals surface area contributed by atoms with E-state index in [0.29, 0.717) is 5.92 Å². The van der Waals surface area contributed by atoms with Crippen molar-refractivity contribution >= 4 is 0 Å². The van der Waals surface area contributed by atoms with Crippen LogP contribution in [-0.4, -0.2) is 75.0 Å². The first-order valence-corrected chi connectivity index (χ1v) is 8.34. The Hall–Kier alpha value is -0.280. The van der Waals surface area contributed by atoms with Crippen molar-refractivity contribution in [3.8, 4) is 0 Å². The van der Waals surface area contributed by atoms with Gasteiger partial charge in [0.1, 0.15) is 24.4 Å². The standard InChI is InChI=1S/C16H28O7/c1-15(2)8-4-5-16(3,23-15)10(6-8)22-14-13(20)12(19)11(18)9(7-17)21-14/h8-14,17-20H,4-7H2,1-3H3. The van der Waals surface area contributed by atoms with Crippen LogP contribution in [0.3, 0.4) is 0 Å². The molecule has 0 aromatic rings. The largest absolute Gasteiger partial charge is 0.394 e. The zero-order valence-corrected chi connectivity index (χ0v) is 13.9. The van der Waals surface area contributed by atoms with Crippen molar-refractivity contribution in [3.05, 3.63) is 0 Å². The zero-order chi connectivity index (χ0) is 17.0. The molecule has 4 rings (SSSR count). The van der Waals surface area contributed by atoms with E-state index in [2.05, 4.69) is 13.8 Å². The minimum absolute atomic E-state index is 0.206. The lowest BCUT2D eigenvalue weighted by Gasteiger charge is -2.58. The van der Waals surface area contributed by atoms with Crippen molar-refractivity contribution in [3.63, 3.8) is 0 Å². The summed E-state index contributed by atoms with van der Waals surface area (Å²) in [6.07, 6.45) is -3.76. The van der Waals surface area contributed by atoms with Crippen LogP contribution in [0.15, 0.2) is 0 Å². The number of hydrogen-bond acceptors (Lipinski definition) is 7. The van der Waals surface area contributed by atoms with Crippen molar-refractivity contribution in [1.82, 2.24) is 0 Å². The van der Waals surface area contributed by atoms with E-state index < -0.39 is 42.9 Å². The van der Waals surface area contributed by atoms with Gasteiger partial charge >= 0.3 is 0 Å². The highest BCUT2D eigenvalue weighted by atomic mass is 16.7. The summed E-state index contributed by atoms with van der Waals surface area (Å²) < 4.78 is 17.6. The Balaban J connectivity index is 1.72. The van der Waals surface area contributed by atoms with Gasteiger partial charge in [0.15, 0.2) is 6.29 Å². The number of aliphatic hydroxyl groups is 4. The van der Waals surface area contributed by atoms with E-state index in [9.17, 15) is 20.4 Å². The molecule has 1 saturated carbocycles. The van der Waals surface area contributed by atoms with Gasteiger partial charge < -0.3 is 34.6 Å². The van der Waals surface area contributed by atoms with Crippen molar-refractivity contribution in [1.29, 1.82) is 0 Å². The minimum atomic E-state index is -1.42. The zero-order valence-electron chi connectivity index (χ0n) is 13.9. The van der Waals surface area contributed by atoms with Gasteiger partial charge in [0.25, 0.3) is 0 Å². The Kier molecular flexibility index (Phi) is 4.51. The molecule has 0 amide bonds. The third-order valence-electron chi connectivity index (χ3n) is 5.80. The van der Waals surface area contributed by atoms with Gasteiger partial charge in [0.2, 0.25) is 0 Å². The Labute approximate surface area is 136 Å². The van der Waals surface area contributed by atoms with E-state index in [1.807, 2.05) is 6.92 Å². The van der Waals surface area contributed by atoms with E-state index in [4.69, 9.17) is 14.2 Å². The predicted molar refractivity (Wildman–Crippen MR) is 79.6 cm³/mol. The van der Waals surface area contributed by atoms with Crippen LogP contribution in [0.4, 0.5) is 0 Å². The normalized spacial score (nSPS) is 52.6. The predicted octanol–water partition coefficient (Wildman–Crippen LogP) is -0.461. The number of rotatable bonds is 3. The topological polar surface area (TPSA) is 109 Å². The quantitative estimate of drug-likeness (QED) is 0.554. The van der Waals surface area contributed by atoms with Crippen molar-refractivity contribution in [2.45, 2.75) is 88.0 Å². The summed E-state index contributed by atoms with van der Waals surface area (Å²) in [4.78, 5) is 0. The molecule has 3 saturated heterocycles. The Bertz CT molecular complexity index is 440. The van der Waals surface area contributed by atoms with Gasteiger partial charge in [-0.05, 0) is 46.0 Å². The van der Waals surface area contributed by atoms with Crippen LogP contribution in [-0.2, 0) is 14.2 Å². The van der Waals surface area contributed by atoms with Crippen LogP contribution in [0.1, 0.15) is 40.0 Å². The molecule has 0 radical (unpaired) electrons. The highest BCUT2D eigenvalue weighted by Gasteiger charge is 2.56. The fourth-order valence-electron chi connectivity index (χ4n) is 4.22. The molecule has 3 heterocycles. The summed E-state index contributed by atoms with van der Waals surface area (Å²) in [6, 6.07) is 0. The van der Waals surface area contributed by atoms with Crippen LogP contribution >= 0.6 is 0 Å². The Morgan fingerprint density at radius 3 is 2.35 bits per heavy atom. The maximum absolute atomic E-state index is 10.1. The number of aliphatic hydroxyl groups excluding tert-OH is 4. The highest BCUT2D eigenvalue weighted by Crippen LogP contribution is 2.51. The second-order valence-electron chi connectivity index (χ2n) is 7.81. The fourth-order valence-corrected chi connectivity index (χ4v) is 4.22. The molecule has 0 aromatic carbocycles. The molecule has 23 heavy (non-hydrogen) atoms. The van der Waals surface area contributed by atoms with Crippen molar-refractivity contribution < 1.29 is 34.6 Å². The summed E-state index contributed by atoms with van der Waals surface area (Å²) in [5, 5.41) is 39.1. The molecule has 1 aliphatic carbocycles. The Morgan fingerprint density at radius 2 is 1.78 bits per heavy atom. The average Bonchev–Trinajstić information content (AvgIpc) is 2.48. The molecule has 4 aliphatic rings. The van der Waals surface area contributed by atoms with Crippen molar-refractivity contribution in [2.24, 2.45) is 5.92 Å². The monoisotopic (exact) mass is 332 g/mol. The summed E-state index contributed by atoms with van der Waals surface area (Å²) in [5.41, 5.74) is -0.681. The SMILES string of the molecule is CC1(C)OC2(C)CCC1CC2OC1OC(CO)C(O)C(O)C1O. The lowest BCUT2D eigenvalue weighted by Crippen LogP contribution is -2.65. The first-order valence-electron chi connectivity index (χ1n) is 8.34. The molecule has 7 nitrogen and oxygen atoms in total. The van der Waals surface area contributed by atoms with Crippen LogP contribution < -0.4 is 0 Å². The molecule has 8 unspecified atom stereocenters. The fraction of sp³-hybridized carbons (Fsp3) is 1.00. The molecular weight excluding hydrogens is 304 g/mol. The summed E-state index contributed by atoms with van der Waals surface area (Å²) in [6.45, 7) is 5.70. The first-order chi connectivity index (χ1) is 10.7. The van der Waals surface area contributed by atoms with Gasteiger partial charge in [-0.2, -0.15) is 0 Å². The van der Waals surface area contributed by atoms with Crippen LogP contribution in [0.2, 0.25) is 0 Å². The number of fused-ring (bicyclic) bond motifs is 3. The second-order valence-corrected chi connectivity index (χ2v) is 7.81. The maximum atomic E-state index is 10.1. The van der Waals surface area contributed by atoms with Gasteiger partial charge in [0.05, 0.1) is 23.9 Å². The molecule has 2 bridgehead atoms. The molecule has 0 aromatic heterocycles. The van der Waals surface area contributed by atoms with E-state index in [-0.39, 0.29) is 11.7 Å². The lowest BCUT2D eigenvalue weighted by atomic mass is 9.67. The lowest BCUT2D eigenvalue weighted by molar-refractivity contribution is -0.353. The second kappa shape index (κ2) is 5.91. The van der Waals surface area contributed by atoms with E-state index in [1.165, 1.54) is 0 Å². The third kappa shape index (κ3) is 2.93. The summed E-state index contributed by atoms with van der Waals surface area (Å²) in [5.74, 6) is 0.360. The van der Waals surface area contributed by atoms with Gasteiger partial charge in [-0.1, -0.05) is 0 Å². The Morgan fingerprint density at radius 1 is 1.09 bits per heavy atom. The van der Waals surface area contributed by atoms with E-state index >= 15 is 0 Å². The number of hydrogen-bond donors (Lipinski definition) is 4. The van der Waals surface area contributed by atoms with Gasteiger partial charge in [0, 0.05) is 0 Å². The molecule has 8 atom stereocenters. The molecule has 4 fully saturated rings. The van der Waals surface area contributed by atoms with Crippen LogP contribution in [0.5, 0.6) is 0 Å². The molecule has 4 N–H and O–H groups in total. The summed E-state index contributed by atoms with van der Waals surface area (Å²) >= 11 is 0. The third-order valence-corrected chi connectivity index (χ3v) is 5.80. The van der Waals surface area contributed by atoms with E-state index in [1.54, 1.807) is 0 Å². The smallest absolute Gasteiger partial charge is 0.187 e. The van der Waals surface area contributed by atoms with Gasteiger partial charge in [-0.25, -0.2) is 0 Å².